The molecule has 0 fully saturated rings. The summed E-state index contributed by atoms with van der Waals surface area (Å²) in [6, 6.07) is 9.91. The van der Waals surface area contributed by atoms with Gasteiger partial charge in [-0.3, -0.25) is 0 Å². The topological polar surface area (TPSA) is 52.5 Å². The molecule has 17 heavy (non-hydrogen) atoms. The second kappa shape index (κ2) is 4.55. The lowest BCUT2D eigenvalue weighted by molar-refractivity contribution is 0.471. The number of benzene rings is 2. The van der Waals surface area contributed by atoms with Crippen molar-refractivity contribution >= 4 is 23.0 Å². The second-order valence-electron chi connectivity index (χ2n) is 3.79. The molecule has 0 aromatic heterocycles. The van der Waals surface area contributed by atoms with Gasteiger partial charge in [0.05, 0.1) is 10.7 Å². The SMILES string of the molecule is Cc1cc(Nc2ccc(O)cc2Cl)ccc1O. The van der Waals surface area contributed by atoms with Crippen LogP contribution >= 0.6 is 11.6 Å². The molecule has 4 heteroatoms. The van der Waals surface area contributed by atoms with Crippen LogP contribution in [0.4, 0.5) is 11.4 Å². The minimum atomic E-state index is 0.127. The Morgan fingerprint density at radius 3 is 2.47 bits per heavy atom. The van der Waals surface area contributed by atoms with Crippen LogP contribution in [0.1, 0.15) is 5.56 Å². The number of hydrogen-bond donors (Lipinski definition) is 3. The van der Waals surface area contributed by atoms with Gasteiger partial charge in [-0.05, 0) is 42.8 Å². The van der Waals surface area contributed by atoms with Crippen LogP contribution in [-0.4, -0.2) is 10.2 Å². The molecule has 2 aromatic carbocycles. The Hall–Kier alpha value is -1.87. The van der Waals surface area contributed by atoms with Crippen LogP contribution in [0.2, 0.25) is 5.02 Å². The zero-order chi connectivity index (χ0) is 12.4. The van der Waals surface area contributed by atoms with E-state index in [9.17, 15) is 10.2 Å². The highest BCUT2D eigenvalue weighted by molar-refractivity contribution is 6.33. The predicted octanol–water partition coefficient (Wildman–Crippen LogP) is 3.80. The summed E-state index contributed by atoms with van der Waals surface area (Å²) >= 11 is 5.98. The fourth-order valence-corrected chi connectivity index (χ4v) is 1.72. The van der Waals surface area contributed by atoms with Gasteiger partial charge in [0, 0.05) is 11.8 Å². The maximum absolute atomic E-state index is 9.41. The molecule has 88 valence electrons. The lowest BCUT2D eigenvalue weighted by atomic mass is 10.2. The Labute approximate surface area is 104 Å². The van der Waals surface area contributed by atoms with Gasteiger partial charge in [0.2, 0.25) is 0 Å². The highest BCUT2D eigenvalue weighted by atomic mass is 35.5. The third-order valence-electron chi connectivity index (χ3n) is 2.43. The number of phenolic OH excluding ortho intramolecular Hbond substituents is 2. The summed E-state index contributed by atoms with van der Waals surface area (Å²) in [5, 5.41) is 22.2. The van der Waals surface area contributed by atoms with Gasteiger partial charge in [0.1, 0.15) is 11.5 Å². The molecule has 0 amide bonds. The summed E-state index contributed by atoms with van der Waals surface area (Å²) in [5.41, 5.74) is 2.31. The average molecular weight is 250 g/mol. The van der Waals surface area contributed by atoms with Crippen LogP contribution in [0.3, 0.4) is 0 Å². The minimum absolute atomic E-state index is 0.127. The highest BCUT2D eigenvalue weighted by Gasteiger charge is 2.03. The Bertz CT molecular complexity index is 555. The number of hydrogen-bond acceptors (Lipinski definition) is 3. The van der Waals surface area contributed by atoms with Gasteiger partial charge in [-0.2, -0.15) is 0 Å². The Morgan fingerprint density at radius 1 is 1.06 bits per heavy atom. The van der Waals surface area contributed by atoms with Crippen LogP contribution < -0.4 is 5.32 Å². The van der Waals surface area contributed by atoms with Crippen molar-refractivity contribution < 1.29 is 10.2 Å². The summed E-state index contributed by atoms with van der Waals surface area (Å²) in [5.74, 6) is 0.384. The Kier molecular flexibility index (Phi) is 3.11. The van der Waals surface area contributed by atoms with E-state index in [2.05, 4.69) is 5.32 Å². The molecule has 0 aliphatic carbocycles. The van der Waals surface area contributed by atoms with Gasteiger partial charge >= 0.3 is 0 Å². The molecule has 0 saturated carbocycles. The van der Waals surface area contributed by atoms with Gasteiger partial charge in [-0.15, -0.1) is 0 Å². The third-order valence-corrected chi connectivity index (χ3v) is 2.74. The number of phenols is 2. The molecule has 3 N–H and O–H groups in total. The molecule has 2 aromatic rings. The predicted molar refractivity (Wildman–Crippen MR) is 69.2 cm³/mol. The Balaban J connectivity index is 2.28. The minimum Gasteiger partial charge on any atom is -0.508 e. The Morgan fingerprint density at radius 2 is 1.82 bits per heavy atom. The maximum atomic E-state index is 9.41. The summed E-state index contributed by atoms with van der Waals surface area (Å²) in [4.78, 5) is 0. The van der Waals surface area contributed by atoms with E-state index in [1.54, 1.807) is 24.3 Å². The van der Waals surface area contributed by atoms with Crippen molar-refractivity contribution in [1.29, 1.82) is 0 Å². The molecule has 0 aliphatic heterocycles. The molecule has 0 radical (unpaired) electrons. The van der Waals surface area contributed by atoms with E-state index in [1.165, 1.54) is 6.07 Å². The lowest BCUT2D eigenvalue weighted by Crippen LogP contribution is -1.91. The van der Waals surface area contributed by atoms with Crippen LogP contribution in [0.25, 0.3) is 0 Å². The molecule has 0 spiro atoms. The molecule has 0 atom stereocenters. The van der Waals surface area contributed by atoms with E-state index in [0.29, 0.717) is 10.7 Å². The number of rotatable bonds is 2. The van der Waals surface area contributed by atoms with E-state index >= 15 is 0 Å². The first kappa shape index (κ1) is 11.6. The van der Waals surface area contributed by atoms with E-state index in [-0.39, 0.29) is 11.5 Å². The summed E-state index contributed by atoms with van der Waals surface area (Å²) in [6.45, 7) is 1.82. The smallest absolute Gasteiger partial charge is 0.118 e. The highest BCUT2D eigenvalue weighted by Crippen LogP contribution is 2.30. The van der Waals surface area contributed by atoms with Crippen molar-refractivity contribution in [1.82, 2.24) is 0 Å². The van der Waals surface area contributed by atoms with Crippen molar-refractivity contribution in [3.8, 4) is 11.5 Å². The zero-order valence-electron chi connectivity index (χ0n) is 9.24. The second-order valence-corrected chi connectivity index (χ2v) is 4.20. The first-order chi connectivity index (χ1) is 8.06. The van der Waals surface area contributed by atoms with Crippen LogP contribution in [-0.2, 0) is 0 Å². The fraction of sp³-hybridized carbons (Fsp3) is 0.0769. The van der Waals surface area contributed by atoms with Crippen molar-refractivity contribution in [3.05, 3.63) is 47.0 Å². The van der Waals surface area contributed by atoms with Crippen molar-refractivity contribution in [2.24, 2.45) is 0 Å². The normalized spacial score (nSPS) is 10.2. The number of nitrogens with one attached hydrogen (secondary N) is 1. The summed E-state index contributed by atoms with van der Waals surface area (Å²) in [7, 11) is 0. The molecule has 3 nitrogen and oxygen atoms in total. The summed E-state index contributed by atoms with van der Waals surface area (Å²) < 4.78 is 0. The van der Waals surface area contributed by atoms with E-state index < -0.39 is 0 Å². The number of anilines is 2. The molecule has 0 unspecified atom stereocenters. The van der Waals surface area contributed by atoms with Crippen LogP contribution in [0.5, 0.6) is 11.5 Å². The largest absolute Gasteiger partial charge is 0.508 e. The molecule has 0 saturated heterocycles. The number of aryl methyl sites for hydroxylation is 1. The van der Waals surface area contributed by atoms with E-state index in [0.717, 1.165) is 11.3 Å². The zero-order valence-corrected chi connectivity index (χ0v) is 9.99. The van der Waals surface area contributed by atoms with Crippen LogP contribution in [0, 0.1) is 6.92 Å². The molecule has 0 bridgehead atoms. The molecular weight excluding hydrogens is 238 g/mol. The number of halogens is 1. The molecule has 0 heterocycles. The van der Waals surface area contributed by atoms with Gasteiger partial charge in [-0.25, -0.2) is 0 Å². The van der Waals surface area contributed by atoms with E-state index in [4.69, 9.17) is 11.6 Å². The van der Waals surface area contributed by atoms with Crippen molar-refractivity contribution in [2.45, 2.75) is 6.92 Å². The van der Waals surface area contributed by atoms with Crippen molar-refractivity contribution in [2.75, 3.05) is 5.32 Å². The van der Waals surface area contributed by atoms with Gasteiger partial charge < -0.3 is 15.5 Å². The van der Waals surface area contributed by atoms with Gasteiger partial charge in [-0.1, -0.05) is 11.6 Å². The summed E-state index contributed by atoms with van der Waals surface area (Å²) in [6.07, 6.45) is 0. The average Bonchev–Trinajstić information content (AvgIpc) is 2.27. The monoisotopic (exact) mass is 249 g/mol. The van der Waals surface area contributed by atoms with Gasteiger partial charge in [0.25, 0.3) is 0 Å². The van der Waals surface area contributed by atoms with E-state index in [1.807, 2.05) is 13.0 Å². The fourth-order valence-electron chi connectivity index (χ4n) is 1.49. The lowest BCUT2D eigenvalue weighted by Gasteiger charge is -2.10. The number of aromatic hydroxyl groups is 2. The first-order valence-electron chi connectivity index (χ1n) is 5.11. The standard InChI is InChI=1S/C13H12ClNO2/c1-8-6-9(2-5-13(8)17)15-12-4-3-10(16)7-11(12)14/h2-7,15-17H,1H3. The third kappa shape index (κ3) is 2.63. The maximum Gasteiger partial charge on any atom is 0.118 e. The first-order valence-corrected chi connectivity index (χ1v) is 5.49. The quantitative estimate of drug-likeness (QED) is 0.710. The molecule has 2 rings (SSSR count). The van der Waals surface area contributed by atoms with Gasteiger partial charge in [0.15, 0.2) is 0 Å². The van der Waals surface area contributed by atoms with Crippen LogP contribution in [0.15, 0.2) is 36.4 Å². The molecular formula is C13H12ClNO2. The van der Waals surface area contributed by atoms with Crippen molar-refractivity contribution in [3.63, 3.8) is 0 Å². The molecule has 0 aliphatic rings.